The maximum atomic E-state index is 12.5. The number of halogens is 4. The molecule has 0 N–H and O–H groups in total. The summed E-state index contributed by atoms with van der Waals surface area (Å²) < 4.78 is 45.9. The number of carbonyl (C=O) groups excluding carboxylic acids is 1. The summed E-state index contributed by atoms with van der Waals surface area (Å²) in [5.41, 5.74) is -0.680. The number of hydrogen-bond acceptors (Lipinski definition) is 4. The minimum absolute atomic E-state index is 0.0243. The number of benzene rings is 1. The molecule has 0 radical (unpaired) electrons. The average Bonchev–Trinajstić information content (AvgIpc) is 2.36. The third-order valence-corrected chi connectivity index (χ3v) is 2.81. The van der Waals surface area contributed by atoms with Crippen LogP contribution in [0.3, 0.4) is 0 Å². The quantitative estimate of drug-likeness (QED) is 0.615. The van der Waals surface area contributed by atoms with Gasteiger partial charge in [0.15, 0.2) is 0 Å². The summed E-state index contributed by atoms with van der Waals surface area (Å²) in [6.07, 6.45) is -4.98. The Hall–Kier alpha value is -1.75. The molecular formula is C12H9BrF3NO3. The van der Waals surface area contributed by atoms with Crippen molar-refractivity contribution in [3.05, 3.63) is 28.8 Å². The molecule has 0 unspecified atom stereocenters. The SMILES string of the molecule is CCOC(=O)c1c(C#N)ccc(CBr)c1OC(F)(F)F. The van der Waals surface area contributed by atoms with Crippen LogP contribution >= 0.6 is 15.9 Å². The summed E-state index contributed by atoms with van der Waals surface area (Å²) in [7, 11) is 0. The number of nitrogens with zero attached hydrogens (tertiary/aromatic N) is 1. The molecule has 0 aromatic heterocycles. The molecule has 108 valence electrons. The van der Waals surface area contributed by atoms with Gasteiger partial charge < -0.3 is 9.47 Å². The van der Waals surface area contributed by atoms with Crippen LogP contribution in [-0.2, 0) is 10.1 Å². The van der Waals surface area contributed by atoms with Crippen molar-refractivity contribution in [3.8, 4) is 11.8 Å². The van der Waals surface area contributed by atoms with Crippen molar-refractivity contribution in [2.45, 2.75) is 18.6 Å². The van der Waals surface area contributed by atoms with Gasteiger partial charge in [-0.05, 0) is 13.0 Å². The normalized spacial score (nSPS) is 10.8. The van der Waals surface area contributed by atoms with Crippen molar-refractivity contribution in [3.63, 3.8) is 0 Å². The van der Waals surface area contributed by atoms with E-state index in [9.17, 15) is 18.0 Å². The molecule has 1 aromatic rings. The molecule has 0 aliphatic rings. The monoisotopic (exact) mass is 351 g/mol. The zero-order valence-electron chi connectivity index (χ0n) is 10.3. The fourth-order valence-corrected chi connectivity index (χ4v) is 1.90. The van der Waals surface area contributed by atoms with Gasteiger partial charge in [-0.3, -0.25) is 0 Å². The predicted molar refractivity (Wildman–Crippen MR) is 66.4 cm³/mol. The first-order valence-corrected chi connectivity index (χ1v) is 6.51. The van der Waals surface area contributed by atoms with Crippen LogP contribution in [0.4, 0.5) is 13.2 Å². The third kappa shape index (κ3) is 3.87. The molecule has 0 fully saturated rings. The molecule has 8 heteroatoms. The summed E-state index contributed by atoms with van der Waals surface area (Å²) in [5, 5.41) is 8.94. The van der Waals surface area contributed by atoms with Crippen LogP contribution in [0.5, 0.6) is 5.75 Å². The van der Waals surface area contributed by atoms with Crippen LogP contribution in [0.2, 0.25) is 0 Å². The number of ether oxygens (including phenoxy) is 2. The lowest BCUT2D eigenvalue weighted by molar-refractivity contribution is -0.275. The van der Waals surface area contributed by atoms with E-state index >= 15 is 0 Å². The second-order valence-corrected chi connectivity index (χ2v) is 4.05. The molecule has 0 spiro atoms. The molecule has 0 aliphatic heterocycles. The van der Waals surface area contributed by atoms with Gasteiger partial charge in [-0.25, -0.2) is 4.79 Å². The van der Waals surface area contributed by atoms with E-state index in [0.717, 1.165) is 0 Å². The van der Waals surface area contributed by atoms with E-state index in [1.807, 2.05) is 0 Å². The van der Waals surface area contributed by atoms with Crippen LogP contribution < -0.4 is 4.74 Å². The maximum absolute atomic E-state index is 12.5. The van der Waals surface area contributed by atoms with Crippen molar-refractivity contribution in [1.82, 2.24) is 0 Å². The van der Waals surface area contributed by atoms with Gasteiger partial charge in [0.2, 0.25) is 0 Å². The zero-order valence-corrected chi connectivity index (χ0v) is 11.8. The summed E-state index contributed by atoms with van der Waals surface area (Å²) >= 11 is 3.00. The highest BCUT2D eigenvalue weighted by atomic mass is 79.9. The number of alkyl halides is 4. The van der Waals surface area contributed by atoms with Crippen LogP contribution in [-0.4, -0.2) is 18.9 Å². The van der Waals surface area contributed by atoms with Crippen molar-refractivity contribution < 1.29 is 27.4 Å². The smallest absolute Gasteiger partial charge is 0.462 e. The Labute approximate surface area is 121 Å². The van der Waals surface area contributed by atoms with Gasteiger partial charge in [-0.1, -0.05) is 22.0 Å². The molecule has 0 aliphatic carbocycles. The van der Waals surface area contributed by atoms with E-state index in [0.29, 0.717) is 0 Å². The number of hydrogen-bond donors (Lipinski definition) is 0. The van der Waals surface area contributed by atoms with Crippen LogP contribution in [0.25, 0.3) is 0 Å². The van der Waals surface area contributed by atoms with Crippen molar-refractivity contribution >= 4 is 21.9 Å². The Bertz CT molecular complexity index is 552. The maximum Gasteiger partial charge on any atom is 0.573 e. The molecular weight excluding hydrogens is 343 g/mol. The second-order valence-electron chi connectivity index (χ2n) is 3.49. The van der Waals surface area contributed by atoms with E-state index in [1.165, 1.54) is 19.1 Å². The van der Waals surface area contributed by atoms with E-state index < -0.39 is 23.6 Å². The Balaban J connectivity index is 3.49. The molecule has 1 aromatic carbocycles. The van der Waals surface area contributed by atoms with Gasteiger partial charge in [0.1, 0.15) is 17.4 Å². The lowest BCUT2D eigenvalue weighted by atomic mass is 10.0. The summed E-state index contributed by atoms with van der Waals surface area (Å²) in [6, 6.07) is 4.17. The van der Waals surface area contributed by atoms with E-state index in [4.69, 9.17) is 5.26 Å². The molecule has 1 rings (SSSR count). The Kier molecular flexibility index (Phi) is 5.39. The highest BCUT2D eigenvalue weighted by Gasteiger charge is 2.35. The Morgan fingerprint density at radius 1 is 1.45 bits per heavy atom. The Morgan fingerprint density at radius 2 is 2.10 bits per heavy atom. The van der Waals surface area contributed by atoms with Crippen LogP contribution in [0.1, 0.15) is 28.4 Å². The van der Waals surface area contributed by atoms with Crippen LogP contribution in [0.15, 0.2) is 12.1 Å². The summed E-state index contributed by atoms with van der Waals surface area (Å²) in [5.74, 6) is -1.75. The van der Waals surface area contributed by atoms with Crippen molar-refractivity contribution in [1.29, 1.82) is 5.26 Å². The van der Waals surface area contributed by atoms with Crippen molar-refractivity contribution in [2.75, 3.05) is 6.61 Å². The summed E-state index contributed by atoms with van der Waals surface area (Å²) in [4.78, 5) is 11.8. The first kappa shape index (κ1) is 16.3. The molecule has 20 heavy (non-hydrogen) atoms. The van der Waals surface area contributed by atoms with E-state index in [2.05, 4.69) is 25.4 Å². The second kappa shape index (κ2) is 6.61. The summed E-state index contributed by atoms with van der Waals surface area (Å²) in [6.45, 7) is 1.47. The third-order valence-electron chi connectivity index (χ3n) is 2.20. The lowest BCUT2D eigenvalue weighted by Gasteiger charge is -2.16. The first-order chi connectivity index (χ1) is 9.34. The molecule has 0 amide bonds. The largest absolute Gasteiger partial charge is 0.573 e. The van der Waals surface area contributed by atoms with E-state index in [-0.39, 0.29) is 23.1 Å². The Morgan fingerprint density at radius 3 is 2.55 bits per heavy atom. The fourth-order valence-electron chi connectivity index (χ4n) is 1.46. The van der Waals surface area contributed by atoms with E-state index in [1.54, 1.807) is 6.07 Å². The number of rotatable bonds is 4. The number of nitriles is 1. The van der Waals surface area contributed by atoms with Gasteiger partial charge in [0, 0.05) is 10.9 Å². The number of carbonyl (C=O) groups is 1. The first-order valence-electron chi connectivity index (χ1n) is 5.38. The molecule has 0 atom stereocenters. The van der Waals surface area contributed by atoms with Gasteiger partial charge in [-0.15, -0.1) is 13.2 Å². The minimum atomic E-state index is -4.98. The molecule has 0 saturated carbocycles. The zero-order chi connectivity index (χ0) is 15.3. The predicted octanol–water partition coefficient (Wildman–Crippen LogP) is 3.53. The standard InChI is InChI=1S/C12H9BrF3NO3/c1-2-19-11(18)9-8(6-17)4-3-7(5-13)10(9)20-12(14,15)16/h3-4H,2,5H2,1H3. The van der Waals surface area contributed by atoms with Crippen LogP contribution in [0, 0.1) is 11.3 Å². The number of esters is 1. The molecule has 0 heterocycles. The van der Waals surface area contributed by atoms with Gasteiger partial charge in [0.25, 0.3) is 0 Å². The van der Waals surface area contributed by atoms with Crippen molar-refractivity contribution in [2.24, 2.45) is 0 Å². The highest BCUT2D eigenvalue weighted by molar-refractivity contribution is 9.08. The average molecular weight is 352 g/mol. The lowest BCUT2D eigenvalue weighted by Crippen LogP contribution is -2.21. The van der Waals surface area contributed by atoms with Gasteiger partial charge in [0.05, 0.1) is 12.2 Å². The minimum Gasteiger partial charge on any atom is -0.462 e. The van der Waals surface area contributed by atoms with Gasteiger partial charge in [-0.2, -0.15) is 5.26 Å². The molecule has 0 bridgehead atoms. The fraction of sp³-hybridized carbons (Fsp3) is 0.333. The topological polar surface area (TPSA) is 59.3 Å². The molecule has 0 saturated heterocycles. The molecule has 4 nitrogen and oxygen atoms in total. The van der Waals surface area contributed by atoms with Gasteiger partial charge >= 0.3 is 12.3 Å². The highest BCUT2D eigenvalue weighted by Crippen LogP contribution is 2.34.